The third-order valence-electron chi connectivity index (χ3n) is 5.70. The zero-order chi connectivity index (χ0) is 25.8. The van der Waals surface area contributed by atoms with Gasteiger partial charge < -0.3 is 20.3 Å². The maximum atomic E-state index is 13.4. The Morgan fingerprint density at radius 2 is 1.74 bits per heavy atom. The number of carbonyl (C=O) groups excluding carboxylic acids is 1. The first-order valence-corrected chi connectivity index (χ1v) is 11.4. The number of benzene rings is 2. The average Bonchev–Trinajstić information content (AvgIpc) is 2.78. The molecule has 184 valence electrons. The number of hydrogen-bond acceptors (Lipinski definition) is 5. The van der Waals surface area contributed by atoms with Crippen LogP contribution in [-0.4, -0.2) is 33.4 Å². The van der Waals surface area contributed by atoms with E-state index in [1.165, 1.54) is 13.1 Å². The number of nitrogens with zero attached hydrogens (tertiary/aromatic N) is 1. The number of aromatic nitrogens is 1. The van der Waals surface area contributed by atoms with Gasteiger partial charge >= 0.3 is 5.97 Å². The maximum Gasteiger partial charge on any atom is 0.333 e. The van der Waals surface area contributed by atoms with Crippen molar-refractivity contribution >= 4 is 11.9 Å². The van der Waals surface area contributed by atoms with Gasteiger partial charge in [0.25, 0.3) is 5.91 Å². The molecule has 3 aromatic rings. The van der Waals surface area contributed by atoms with E-state index in [4.69, 9.17) is 4.74 Å². The predicted octanol–water partition coefficient (Wildman–Crippen LogP) is 4.92. The van der Waals surface area contributed by atoms with Gasteiger partial charge in [-0.3, -0.25) is 9.78 Å². The molecule has 1 heterocycles. The highest BCUT2D eigenvalue weighted by molar-refractivity contribution is 6.01. The molecule has 0 saturated carbocycles. The van der Waals surface area contributed by atoms with Crippen LogP contribution in [0.5, 0.6) is 5.75 Å². The number of aliphatic carboxylic acids is 1. The molecule has 35 heavy (non-hydrogen) atoms. The van der Waals surface area contributed by atoms with Gasteiger partial charge in [0.05, 0.1) is 0 Å². The highest BCUT2D eigenvalue weighted by atomic mass is 16.6. The number of ether oxygens (including phenoxy) is 1. The average molecular weight is 477 g/mol. The van der Waals surface area contributed by atoms with Gasteiger partial charge in [0.2, 0.25) is 0 Å². The van der Waals surface area contributed by atoms with E-state index in [1.807, 2.05) is 26.8 Å². The van der Waals surface area contributed by atoms with E-state index in [2.05, 4.69) is 10.3 Å². The van der Waals surface area contributed by atoms with Crippen molar-refractivity contribution < 1.29 is 24.5 Å². The fourth-order valence-corrected chi connectivity index (χ4v) is 3.93. The molecule has 7 nitrogen and oxygen atoms in total. The Kier molecular flexibility index (Phi) is 7.60. The molecule has 0 saturated heterocycles. The van der Waals surface area contributed by atoms with E-state index >= 15 is 0 Å². The molecule has 0 aliphatic heterocycles. The normalized spacial score (nSPS) is 14.0. The van der Waals surface area contributed by atoms with Crippen molar-refractivity contribution in [2.75, 3.05) is 0 Å². The van der Waals surface area contributed by atoms with E-state index in [9.17, 15) is 19.8 Å². The third-order valence-corrected chi connectivity index (χ3v) is 5.70. The Bertz CT molecular complexity index is 1220. The molecule has 0 aliphatic rings. The van der Waals surface area contributed by atoms with Crippen LogP contribution in [0.3, 0.4) is 0 Å². The number of amides is 1. The first-order chi connectivity index (χ1) is 16.4. The molecule has 2 atom stereocenters. The summed E-state index contributed by atoms with van der Waals surface area (Å²) in [5.41, 5.74) is 0.716. The van der Waals surface area contributed by atoms with Crippen LogP contribution in [0.4, 0.5) is 0 Å². The SMILES string of the molecule is Cc1ccccc1[C@@](C)(NC(=O)c1ncccc1-c1cccc(O[C@@H](O)CC(C)(C)C)c1)C(=O)O. The summed E-state index contributed by atoms with van der Waals surface area (Å²) < 4.78 is 5.69. The van der Waals surface area contributed by atoms with Crippen LogP contribution < -0.4 is 10.1 Å². The number of aryl methyl sites for hydroxylation is 1. The summed E-state index contributed by atoms with van der Waals surface area (Å²) in [5.74, 6) is -1.35. The lowest BCUT2D eigenvalue weighted by molar-refractivity contribution is -0.144. The highest BCUT2D eigenvalue weighted by Crippen LogP contribution is 2.30. The first kappa shape index (κ1) is 25.9. The number of carboxylic acid groups (broad SMARTS) is 1. The second kappa shape index (κ2) is 10.3. The molecule has 3 N–H and O–H groups in total. The molecule has 2 aromatic carbocycles. The van der Waals surface area contributed by atoms with Gasteiger partial charge in [0.1, 0.15) is 11.4 Å². The van der Waals surface area contributed by atoms with Gasteiger partial charge in [-0.1, -0.05) is 63.2 Å². The lowest BCUT2D eigenvalue weighted by Crippen LogP contribution is -2.50. The number of aliphatic hydroxyl groups is 1. The second-order valence-corrected chi connectivity index (χ2v) is 9.96. The fourth-order valence-electron chi connectivity index (χ4n) is 3.93. The Balaban J connectivity index is 1.93. The lowest BCUT2D eigenvalue weighted by atomic mass is 9.88. The molecule has 0 bridgehead atoms. The molecule has 0 fully saturated rings. The first-order valence-electron chi connectivity index (χ1n) is 11.4. The van der Waals surface area contributed by atoms with Crippen molar-refractivity contribution in [3.05, 3.63) is 83.7 Å². The lowest BCUT2D eigenvalue weighted by Gasteiger charge is -2.28. The molecule has 3 rings (SSSR count). The van der Waals surface area contributed by atoms with Gasteiger partial charge in [-0.15, -0.1) is 0 Å². The van der Waals surface area contributed by atoms with Crippen LogP contribution >= 0.6 is 0 Å². The number of carbonyl (C=O) groups is 2. The van der Waals surface area contributed by atoms with Crippen LogP contribution in [0.15, 0.2) is 66.9 Å². The molecule has 0 radical (unpaired) electrons. The summed E-state index contributed by atoms with van der Waals surface area (Å²) in [6.07, 6.45) is 0.953. The third kappa shape index (κ3) is 6.25. The Labute approximate surface area is 205 Å². The Morgan fingerprint density at radius 1 is 1.03 bits per heavy atom. The topological polar surface area (TPSA) is 109 Å². The monoisotopic (exact) mass is 476 g/mol. The molecular weight excluding hydrogens is 444 g/mol. The Morgan fingerprint density at radius 3 is 2.40 bits per heavy atom. The summed E-state index contributed by atoms with van der Waals surface area (Å²) in [6.45, 7) is 9.30. The van der Waals surface area contributed by atoms with Crippen LogP contribution in [0.1, 0.15) is 55.7 Å². The zero-order valence-corrected chi connectivity index (χ0v) is 20.7. The quantitative estimate of drug-likeness (QED) is 0.398. The highest BCUT2D eigenvalue weighted by Gasteiger charge is 2.38. The summed E-state index contributed by atoms with van der Waals surface area (Å²) in [6, 6.07) is 17.5. The molecular formula is C28H32N2O5. The standard InChI is InChI=1S/C28H32N2O5/c1-18-10-6-7-14-22(18)28(5,26(33)34)30-25(32)24-21(13-9-15-29-24)19-11-8-12-20(16-19)35-23(31)17-27(2,3)4/h6-16,23,31H,17H2,1-5H3,(H,30,32)(H,33,34)/t23-,28-/m1/s1. The smallest absolute Gasteiger partial charge is 0.333 e. The fraction of sp³-hybridized carbons (Fsp3) is 0.321. The van der Waals surface area contributed by atoms with Crippen LogP contribution in [0.2, 0.25) is 0 Å². The van der Waals surface area contributed by atoms with E-state index < -0.39 is 23.7 Å². The van der Waals surface area contributed by atoms with E-state index in [0.717, 1.165) is 5.56 Å². The van der Waals surface area contributed by atoms with Crippen molar-refractivity contribution in [2.45, 2.75) is 52.9 Å². The van der Waals surface area contributed by atoms with Crippen molar-refractivity contribution in [2.24, 2.45) is 5.41 Å². The van der Waals surface area contributed by atoms with Crippen LogP contribution in [0, 0.1) is 12.3 Å². The van der Waals surface area contributed by atoms with Gasteiger partial charge in [-0.05, 0) is 54.2 Å². The largest absolute Gasteiger partial charge is 0.479 e. The Hall–Kier alpha value is -3.71. The van der Waals surface area contributed by atoms with Crippen molar-refractivity contribution in [3.63, 3.8) is 0 Å². The molecule has 7 heteroatoms. The van der Waals surface area contributed by atoms with E-state index in [-0.39, 0.29) is 11.1 Å². The minimum Gasteiger partial charge on any atom is -0.479 e. The summed E-state index contributed by atoms with van der Waals surface area (Å²) >= 11 is 0. The van der Waals surface area contributed by atoms with Crippen molar-refractivity contribution in [3.8, 4) is 16.9 Å². The van der Waals surface area contributed by atoms with Crippen molar-refractivity contribution in [1.82, 2.24) is 10.3 Å². The van der Waals surface area contributed by atoms with Crippen LogP contribution in [-0.2, 0) is 10.3 Å². The number of nitrogens with one attached hydrogen (secondary N) is 1. The zero-order valence-electron chi connectivity index (χ0n) is 20.7. The number of rotatable bonds is 8. The van der Waals surface area contributed by atoms with Crippen molar-refractivity contribution in [1.29, 1.82) is 0 Å². The number of carboxylic acids is 1. The minimum atomic E-state index is -1.65. The van der Waals surface area contributed by atoms with Gasteiger partial charge in [-0.2, -0.15) is 0 Å². The molecule has 1 aromatic heterocycles. The van der Waals surface area contributed by atoms with Crippen LogP contribution in [0.25, 0.3) is 11.1 Å². The number of pyridine rings is 1. The molecule has 0 unspecified atom stereocenters. The van der Waals surface area contributed by atoms with Gasteiger partial charge in [0, 0.05) is 18.2 Å². The van der Waals surface area contributed by atoms with Gasteiger partial charge in [0.15, 0.2) is 11.8 Å². The number of hydrogen-bond donors (Lipinski definition) is 3. The molecule has 0 spiro atoms. The molecule has 1 amide bonds. The van der Waals surface area contributed by atoms with E-state index in [0.29, 0.717) is 28.9 Å². The maximum absolute atomic E-state index is 13.4. The summed E-state index contributed by atoms with van der Waals surface area (Å²) in [7, 11) is 0. The van der Waals surface area contributed by atoms with Gasteiger partial charge in [-0.25, -0.2) is 4.79 Å². The second-order valence-electron chi connectivity index (χ2n) is 9.96. The number of aliphatic hydroxyl groups excluding tert-OH is 1. The molecule has 0 aliphatic carbocycles. The predicted molar refractivity (Wildman–Crippen MR) is 134 cm³/mol. The van der Waals surface area contributed by atoms with E-state index in [1.54, 1.807) is 61.5 Å². The minimum absolute atomic E-state index is 0.0842. The summed E-state index contributed by atoms with van der Waals surface area (Å²) in [5, 5.41) is 23.0. The summed E-state index contributed by atoms with van der Waals surface area (Å²) in [4.78, 5) is 29.9.